The first-order chi connectivity index (χ1) is 13.7. The molecule has 0 spiro atoms. The van der Waals surface area contributed by atoms with E-state index in [4.69, 9.17) is 9.73 Å². The molecule has 1 fully saturated rings. The Bertz CT molecular complexity index is 683. The van der Waals surface area contributed by atoms with Gasteiger partial charge in [-0.1, -0.05) is 24.3 Å². The highest BCUT2D eigenvalue weighted by Crippen LogP contribution is 2.20. The number of ether oxygens (including phenoxy) is 1. The molecular formula is C22H32N4O2. The van der Waals surface area contributed by atoms with Crippen LogP contribution in [0.5, 0.6) is 0 Å². The van der Waals surface area contributed by atoms with Gasteiger partial charge >= 0.3 is 5.97 Å². The zero-order valence-corrected chi connectivity index (χ0v) is 17.1. The molecule has 152 valence electrons. The smallest absolute Gasteiger partial charge is 0.309 e. The number of esters is 1. The molecule has 28 heavy (non-hydrogen) atoms. The lowest BCUT2D eigenvalue weighted by atomic mass is 9.97. The summed E-state index contributed by atoms with van der Waals surface area (Å²) in [6.07, 6.45) is 6.04. The normalized spacial score (nSPS) is 17.9. The maximum atomic E-state index is 11.9. The summed E-state index contributed by atoms with van der Waals surface area (Å²) < 4.78 is 5.17. The summed E-state index contributed by atoms with van der Waals surface area (Å²) in [6.45, 7) is 9.52. The van der Waals surface area contributed by atoms with E-state index in [9.17, 15) is 4.79 Å². The van der Waals surface area contributed by atoms with Crippen molar-refractivity contribution < 1.29 is 9.53 Å². The summed E-state index contributed by atoms with van der Waals surface area (Å²) in [5.74, 6) is 0.890. The van der Waals surface area contributed by atoms with Crippen LogP contribution in [0.1, 0.15) is 32.3 Å². The van der Waals surface area contributed by atoms with E-state index in [-0.39, 0.29) is 11.9 Å². The van der Waals surface area contributed by atoms with E-state index < -0.39 is 0 Å². The van der Waals surface area contributed by atoms with Gasteiger partial charge in [0.25, 0.3) is 0 Å². The van der Waals surface area contributed by atoms with E-state index in [0.717, 1.165) is 51.5 Å². The minimum Gasteiger partial charge on any atom is -0.466 e. The first kappa shape index (κ1) is 20.2. The van der Waals surface area contributed by atoms with Crippen LogP contribution in [0, 0.1) is 5.92 Å². The molecule has 1 saturated heterocycles. The summed E-state index contributed by atoms with van der Waals surface area (Å²) in [5, 5.41) is 3.39. The number of rotatable bonds is 6. The van der Waals surface area contributed by atoms with Crippen molar-refractivity contribution in [2.24, 2.45) is 10.9 Å². The first-order valence-corrected chi connectivity index (χ1v) is 10.4. The third kappa shape index (κ3) is 5.27. The molecule has 0 aliphatic carbocycles. The Morgan fingerprint density at radius 3 is 2.43 bits per heavy atom. The second kappa shape index (κ2) is 10.2. The topological polar surface area (TPSA) is 57.2 Å². The van der Waals surface area contributed by atoms with Crippen molar-refractivity contribution in [2.75, 3.05) is 44.2 Å². The average molecular weight is 385 g/mol. The summed E-state index contributed by atoms with van der Waals surface area (Å²) in [4.78, 5) is 21.4. The maximum Gasteiger partial charge on any atom is 0.309 e. The Morgan fingerprint density at radius 1 is 1.14 bits per heavy atom. The monoisotopic (exact) mass is 384 g/mol. The molecule has 0 bridgehead atoms. The van der Waals surface area contributed by atoms with Gasteiger partial charge in [-0.2, -0.15) is 0 Å². The molecule has 0 unspecified atom stereocenters. The minimum atomic E-state index is -0.0580. The molecule has 0 saturated carbocycles. The van der Waals surface area contributed by atoms with Gasteiger partial charge in [0.2, 0.25) is 0 Å². The molecule has 2 heterocycles. The summed E-state index contributed by atoms with van der Waals surface area (Å²) in [6, 6.07) is 8.67. The van der Waals surface area contributed by atoms with Gasteiger partial charge in [0.1, 0.15) is 0 Å². The quantitative estimate of drug-likeness (QED) is 0.354. The zero-order valence-electron chi connectivity index (χ0n) is 17.1. The Kier molecular flexibility index (Phi) is 7.34. The standard InChI is InChI=1S/C22H32N4O2/c1-3-23-22(26-15-11-19(12-16-26)21(27)28-4-2)24-17-18-7-9-20(10-8-18)25-13-5-6-14-25/h5-10,19H,3-4,11-17H2,1-2H3,(H,23,24). The van der Waals surface area contributed by atoms with Gasteiger partial charge in [-0.05, 0) is 44.4 Å². The number of carbonyl (C=O) groups excluding carboxylic acids is 1. The van der Waals surface area contributed by atoms with Gasteiger partial charge in [-0.15, -0.1) is 0 Å². The van der Waals surface area contributed by atoms with Gasteiger partial charge in [-0.25, -0.2) is 4.99 Å². The summed E-state index contributed by atoms with van der Waals surface area (Å²) >= 11 is 0. The van der Waals surface area contributed by atoms with Crippen LogP contribution >= 0.6 is 0 Å². The summed E-state index contributed by atoms with van der Waals surface area (Å²) in [7, 11) is 0. The van der Waals surface area contributed by atoms with Crippen LogP contribution in [0.3, 0.4) is 0 Å². The Morgan fingerprint density at radius 2 is 1.82 bits per heavy atom. The molecular weight excluding hydrogens is 352 g/mol. The van der Waals surface area contributed by atoms with Gasteiger partial charge < -0.3 is 19.9 Å². The Labute approximate surface area is 168 Å². The van der Waals surface area contributed by atoms with Crippen LogP contribution in [0.15, 0.2) is 41.4 Å². The highest BCUT2D eigenvalue weighted by atomic mass is 16.5. The van der Waals surface area contributed by atoms with Crippen molar-refractivity contribution in [2.45, 2.75) is 33.2 Å². The van der Waals surface area contributed by atoms with Crippen LogP contribution in [-0.2, 0) is 16.1 Å². The van der Waals surface area contributed by atoms with Crippen LogP contribution in [0.4, 0.5) is 5.69 Å². The van der Waals surface area contributed by atoms with Gasteiger partial charge in [0.05, 0.1) is 19.1 Å². The van der Waals surface area contributed by atoms with Crippen LogP contribution < -0.4 is 10.2 Å². The lowest BCUT2D eigenvalue weighted by Crippen LogP contribution is -2.46. The molecule has 2 aliphatic heterocycles. The van der Waals surface area contributed by atoms with Gasteiger partial charge in [0.15, 0.2) is 5.96 Å². The highest BCUT2D eigenvalue weighted by Gasteiger charge is 2.27. The number of aliphatic imine (C=N–C) groups is 1. The van der Waals surface area contributed by atoms with Gasteiger partial charge in [0, 0.05) is 38.4 Å². The van der Waals surface area contributed by atoms with Crippen molar-refractivity contribution in [1.29, 1.82) is 0 Å². The third-order valence-electron chi connectivity index (χ3n) is 5.28. The fourth-order valence-electron chi connectivity index (χ4n) is 3.68. The molecule has 1 N–H and O–H groups in total. The van der Waals surface area contributed by atoms with E-state index in [0.29, 0.717) is 13.2 Å². The lowest BCUT2D eigenvalue weighted by molar-refractivity contribution is -0.149. The van der Waals surface area contributed by atoms with Gasteiger partial charge in [-0.3, -0.25) is 4.79 Å². The number of nitrogens with one attached hydrogen (secondary N) is 1. The Balaban J connectivity index is 1.56. The summed E-state index contributed by atoms with van der Waals surface area (Å²) in [5.41, 5.74) is 2.46. The number of guanidine groups is 1. The molecule has 1 aromatic rings. The fourth-order valence-corrected chi connectivity index (χ4v) is 3.68. The number of piperidine rings is 1. The molecule has 6 nitrogen and oxygen atoms in total. The second-order valence-corrected chi connectivity index (χ2v) is 7.23. The van der Waals surface area contributed by atoms with E-state index >= 15 is 0 Å². The van der Waals surface area contributed by atoms with Crippen molar-refractivity contribution in [1.82, 2.24) is 10.2 Å². The van der Waals surface area contributed by atoms with Crippen LogP contribution in [-0.4, -0.2) is 56.2 Å². The number of benzene rings is 1. The molecule has 0 aromatic heterocycles. The number of hydrogen-bond donors (Lipinski definition) is 1. The molecule has 6 heteroatoms. The van der Waals surface area contributed by atoms with E-state index in [1.54, 1.807) is 0 Å². The average Bonchev–Trinajstić information content (AvgIpc) is 3.27. The van der Waals surface area contributed by atoms with Crippen LogP contribution in [0.25, 0.3) is 0 Å². The van der Waals surface area contributed by atoms with Crippen molar-refractivity contribution in [3.05, 3.63) is 42.0 Å². The largest absolute Gasteiger partial charge is 0.466 e. The number of carbonyl (C=O) groups is 1. The second-order valence-electron chi connectivity index (χ2n) is 7.23. The molecule has 0 atom stereocenters. The first-order valence-electron chi connectivity index (χ1n) is 10.4. The molecule has 0 radical (unpaired) electrons. The SMILES string of the molecule is CCNC(=NCc1ccc(N2CC=CC2)cc1)N1CCC(C(=O)OCC)CC1. The Hall–Kier alpha value is -2.50. The molecule has 2 aliphatic rings. The highest BCUT2D eigenvalue weighted by molar-refractivity contribution is 5.80. The third-order valence-corrected chi connectivity index (χ3v) is 5.28. The fraction of sp³-hybridized carbons (Fsp3) is 0.545. The molecule has 0 amide bonds. The zero-order chi connectivity index (χ0) is 19.8. The van der Waals surface area contributed by atoms with E-state index in [1.807, 2.05) is 6.92 Å². The van der Waals surface area contributed by atoms with Crippen molar-refractivity contribution >= 4 is 17.6 Å². The molecule has 3 rings (SSSR count). The van der Waals surface area contributed by atoms with Crippen LogP contribution in [0.2, 0.25) is 0 Å². The number of nitrogens with zero attached hydrogens (tertiary/aromatic N) is 3. The van der Waals surface area contributed by atoms with E-state index in [2.05, 4.69) is 58.5 Å². The van der Waals surface area contributed by atoms with Crippen molar-refractivity contribution in [3.8, 4) is 0 Å². The number of likely N-dealkylation sites (tertiary alicyclic amines) is 1. The van der Waals surface area contributed by atoms with E-state index in [1.165, 1.54) is 11.3 Å². The number of hydrogen-bond acceptors (Lipinski definition) is 4. The minimum absolute atomic E-state index is 0.0201. The predicted octanol–water partition coefficient (Wildman–Crippen LogP) is 2.80. The number of anilines is 1. The molecule has 1 aromatic carbocycles. The lowest BCUT2D eigenvalue weighted by Gasteiger charge is -2.33. The maximum absolute atomic E-state index is 11.9. The predicted molar refractivity (Wildman–Crippen MR) is 114 cm³/mol. The van der Waals surface area contributed by atoms with Crippen molar-refractivity contribution in [3.63, 3.8) is 0 Å².